The Bertz CT molecular complexity index is 549. The Morgan fingerprint density at radius 1 is 1.27 bits per heavy atom. The lowest BCUT2D eigenvalue weighted by Gasteiger charge is -2.27. The Hall–Kier alpha value is -1.10. The third-order valence-corrected chi connectivity index (χ3v) is 5.91. The molecule has 0 aromatic heterocycles. The molecule has 4 nitrogen and oxygen atoms in total. The second-order valence-electron chi connectivity index (χ2n) is 7.39. The Balaban J connectivity index is 1.79. The highest BCUT2D eigenvalue weighted by atomic mass is 35.5. The highest BCUT2D eigenvalue weighted by molar-refractivity contribution is 6.21. The van der Waals surface area contributed by atoms with Crippen LogP contribution in [0.25, 0.3) is 0 Å². The molecule has 1 aliphatic rings. The van der Waals surface area contributed by atoms with Gasteiger partial charge in [-0.2, -0.15) is 0 Å². The van der Waals surface area contributed by atoms with Crippen LogP contribution >= 0.6 is 11.6 Å². The molecule has 1 aliphatic heterocycles. The monoisotopic (exact) mass is 381 g/mol. The molecule has 146 valence electrons. The van der Waals surface area contributed by atoms with Crippen LogP contribution in [0.4, 0.5) is 0 Å². The van der Waals surface area contributed by atoms with Gasteiger partial charge in [-0.15, -0.1) is 11.6 Å². The normalized spacial score (nSPS) is 21.8. The highest BCUT2D eigenvalue weighted by Crippen LogP contribution is 2.27. The number of unbranched alkanes of at least 4 members (excludes halogenated alkanes) is 2. The Morgan fingerprint density at radius 3 is 2.65 bits per heavy atom. The van der Waals surface area contributed by atoms with E-state index in [2.05, 4.69) is 11.8 Å². The smallest absolute Gasteiger partial charge is 0.335 e. The van der Waals surface area contributed by atoms with Crippen molar-refractivity contribution >= 4 is 17.6 Å². The van der Waals surface area contributed by atoms with Gasteiger partial charge in [0.1, 0.15) is 0 Å². The molecule has 0 aliphatic carbocycles. The molecule has 1 heterocycles. The molecule has 1 fully saturated rings. The van der Waals surface area contributed by atoms with E-state index in [0.717, 1.165) is 57.2 Å². The van der Waals surface area contributed by atoms with Gasteiger partial charge in [-0.05, 0) is 56.3 Å². The number of carboxylic acid groups (broad SMARTS) is 1. The number of nitrogens with zero attached hydrogens (tertiary/aromatic N) is 1. The first-order valence-electron chi connectivity index (χ1n) is 9.89. The van der Waals surface area contributed by atoms with Crippen LogP contribution in [-0.4, -0.2) is 51.7 Å². The summed E-state index contributed by atoms with van der Waals surface area (Å²) in [7, 11) is 0. The lowest BCUT2D eigenvalue weighted by Crippen LogP contribution is -2.35. The quantitative estimate of drug-likeness (QED) is 0.442. The number of benzene rings is 1. The Morgan fingerprint density at radius 2 is 2.00 bits per heavy atom. The molecule has 1 aromatic carbocycles. The van der Waals surface area contributed by atoms with Crippen LogP contribution in [0.15, 0.2) is 24.3 Å². The van der Waals surface area contributed by atoms with Crippen molar-refractivity contribution in [2.45, 2.75) is 75.8 Å². The molecular weight excluding hydrogens is 350 g/mol. The van der Waals surface area contributed by atoms with Crippen molar-refractivity contribution in [2.75, 3.05) is 13.1 Å². The second-order valence-corrected chi connectivity index (χ2v) is 7.95. The van der Waals surface area contributed by atoms with Gasteiger partial charge in [0.2, 0.25) is 0 Å². The molecule has 3 unspecified atom stereocenters. The average Bonchev–Trinajstić information content (AvgIpc) is 2.98. The van der Waals surface area contributed by atoms with Crippen LogP contribution in [0.1, 0.15) is 67.8 Å². The number of aliphatic hydroxyl groups excluding tert-OH is 1. The molecule has 1 saturated heterocycles. The van der Waals surface area contributed by atoms with Crippen molar-refractivity contribution in [1.29, 1.82) is 0 Å². The van der Waals surface area contributed by atoms with E-state index in [-0.39, 0.29) is 11.5 Å². The number of aliphatic hydroxyl groups is 1. The van der Waals surface area contributed by atoms with Gasteiger partial charge >= 0.3 is 5.97 Å². The third-order valence-electron chi connectivity index (χ3n) is 5.40. The largest absolute Gasteiger partial charge is 0.478 e. The van der Waals surface area contributed by atoms with Gasteiger partial charge in [-0.25, -0.2) is 4.79 Å². The molecule has 2 rings (SSSR count). The Kier molecular flexibility index (Phi) is 8.89. The zero-order valence-corrected chi connectivity index (χ0v) is 16.5. The van der Waals surface area contributed by atoms with Crippen molar-refractivity contribution in [1.82, 2.24) is 4.90 Å². The first-order chi connectivity index (χ1) is 12.5. The highest BCUT2D eigenvalue weighted by Gasteiger charge is 2.32. The van der Waals surface area contributed by atoms with Crippen LogP contribution in [0.3, 0.4) is 0 Å². The third kappa shape index (κ3) is 6.57. The molecule has 3 atom stereocenters. The van der Waals surface area contributed by atoms with E-state index in [1.165, 1.54) is 12.8 Å². The first kappa shape index (κ1) is 21.2. The number of rotatable bonds is 11. The fraction of sp³-hybridized carbons (Fsp3) is 0.667. The minimum atomic E-state index is -0.892. The molecule has 0 bridgehead atoms. The number of halogens is 1. The number of likely N-dealkylation sites (tertiary alicyclic amines) is 1. The zero-order valence-electron chi connectivity index (χ0n) is 15.7. The topological polar surface area (TPSA) is 60.8 Å². The molecule has 0 radical (unpaired) electrons. The number of aromatic carboxylic acids is 1. The maximum Gasteiger partial charge on any atom is 0.335 e. The van der Waals surface area contributed by atoms with Crippen LogP contribution in [0.2, 0.25) is 0 Å². The van der Waals surface area contributed by atoms with E-state index in [1.54, 1.807) is 12.1 Å². The predicted molar refractivity (Wildman–Crippen MR) is 106 cm³/mol. The number of carbonyl (C=O) groups is 1. The zero-order chi connectivity index (χ0) is 18.9. The predicted octanol–water partition coefficient (Wildman–Crippen LogP) is 4.33. The molecular formula is C21H32ClNO3. The van der Waals surface area contributed by atoms with Crippen LogP contribution in [-0.2, 0) is 6.42 Å². The van der Waals surface area contributed by atoms with Gasteiger partial charge in [-0.3, -0.25) is 4.90 Å². The second kappa shape index (κ2) is 10.9. The van der Waals surface area contributed by atoms with Crippen molar-refractivity contribution in [3.63, 3.8) is 0 Å². The number of aryl methyl sites for hydroxylation is 1. The van der Waals surface area contributed by atoms with Gasteiger partial charge in [-0.1, -0.05) is 38.3 Å². The molecule has 0 amide bonds. The molecule has 26 heavy (non-hydrogen) atoms. The molecule has 1 aromatic rings. The average molecular weight is 382 g/mol. The van der Waals surface area contributed by atoms with Crippen molar-refractivity contribution in [3.05, 3.63) is 35.4 Å². The number of hydrogen-bond donors (Lipinski definition) is 2. The summed E-state index contributed by atoms with van der Waals surface area (Å²) in [6.45, 7) is 4.08. The van der Waals surface area contributed by atoms with E-state index in [4.69, 9.17) is 16.7 Å². The van der Waals surface area contributed by atoms with Crippen LogP contribution in [0.5, 0.6) is 0 Å². The number of carboxylic acids is 1. The lowest BCUT2D eigenvalue weighted by atomic mass is 10.0. The minimum absolute atomic E-state index is 0.158. The maximum absolute atomic E-state index is 10.9. The summed E-state index contributed by atoms with van der Waals surface area (Å²) in [6.07, 6.45) is 7.83. The van der Waals surface area contributed by atoms with E-state index in [1.807, 2.05) is 12.1 Å². The summed E-state index contributed by atoms with van der Waals surface area (Å²) in [5, 5.41) is 19.3. The summed E-state index contributed by atoms with van der Waals surface area (Å²) in [5.74, 6) is -0.892. The van der Waals surface area contributed by atoms with Gasteiger partial charge in [0.25, 0.3) is 0 Å². The SMILES string of the molecule is CCCCCC(O)CCN1CCC(Cl)C1CCc1ccc(C(=O)O)cc1. The summed E-state index contributed by atoms with van der Waals surface area (Å²) in [6, 6.07) is 7.44. The van der Waals surface area contributed by atoms with Crippen LogP contribution in [0, 0.1) is 0 Å². The van der Waals surface area contributed by atoms with E-state index in [9.17, 15) is 9.90 Å². The minimum Gasteiger partial charge on any atom is -0.478 e. The fourth-order valence-corrected chi connectivity index (χ4v) is 4.12. The van der Waals surface area contributed by atoms with Crippen molar-refractivity contribution in [2.24, 2.45) is 0 Å². The molecule has 0 saturated carbocycles. The first-order valence-corrected chi connectivity index (χ1v) is 10.3. The fourth-order valence-electron chi connectivity index (χ4n) is 3.73. The molecule has 5 heteroatoms. The van der Waals surface area contributed by atoms with E-state index >= 15 is 0 Å². The van der Waals surface area contributed by atoms with E-state index in [0.29, 0.717) is 11.6 Å². The Labute approximate surface area is 162 Å². The molecule has 0 spiro atoms. The summed E-state index contributed by atoms with van der Waals surface area (Å²) in [4.78, 5) is 13.4. The van der Waals surface area contributed by atoms with Crippen molar-refractivity contribution < 1.29 is 15.0 Å². The van der Waals surface area contributed by atoms with Gasteiger partial charge in [0, 0.05) is 12.6 Å². The maximum atomic E-state index is 10.9. The standard InChI is InChI=1S/C21H32ClNO3/c1-2-3-4-5-18(24)12-14-23-15-13-19(22)20(23)11-8-16-6-9-17(10-7-16)21(25)26/h6-7,9-10,18-20,24H,2-5,8,11-15H2,1H3,(H,25,26). The van der Waals surface area contributed by atoms with Gasteiger partial charge in [0.05, 0.1) is 17.0 Å². The summed E-state index contributed by atoms with van der Waals surface area (Å²) < 4.78 is 0. The summed E-state index contributed by atoms with van der Waals surface area (Å²) >= 11 is 6.54. The van der Waals surface area contributed by atoms with Crippen molar-refractivity contribution in [3.8, 4) is 0 Å². The van der Waals surface area contributed by atoms with Gasteiger partial charge in [0.15, 0.2) is 0 Å². The lowest BCUT2D eigenvalue weighted by molar-refractivity contribution is 0.0697. The number of alkyl halides is 1. The van der Waals surface area contributed by atoms with Gasteiger partial charge < -0.3 is 10.2 Å². The number of hydrogen-bond acceptors (Lipinski definition) is 3. The summed E-state index contributed by atoms with van der Waals surface area (Å²) in [5.41, 5.74) is 1.47. The van der Waals surface area contributed by atoms with E-state index < -0.39 is 5.97 Å². The molecule has 2 N–H and O–H groups in total. The van der Waals surface area contributed by atoms with Crippen LogP contribution < -0.4 is 0 Å².